The first kappa shape index (κ1) is 13.4. The summed E-state index contributed by atoms with van der Waals surface area (Å²) in [6.07, 6.45) is 3.81. The number of carbonyl (C=O) groups excluding carboxylic acids is 1. The van der Waals surface area contributed by atoms with Crippen molar-refractivity contribution < 1.29 is 14.7 Å². The molecule has 0 saturated carbocycles. The van der Waals surface area contributed by atoms with E-state index in [2.05, 4.69) is 10.3 Å². The van der Waals surface area contributed by atoms with Gasteiger partial charge >= 0.3 is 5.97 Å². The summed E-state index contributed by atoms with van der Waals surface area (Å²) in [6, 6.07) is 0.555. The number of amides is 1. The zero-order valence-electron chi connectivity index (χ0n) is 9.31. The van der Waals surface area contributed by atoms with Gasteiger partial charge in [0.05, 0.1) is 10.6 Å². The van der Waals surface area contributed by atoms with Crippen LogP contribution in [0.25, 0.3) is 0 Å². The van der Waals surface area contributed by atoms with Crippen molar-refractivity contribution in [3.8, 4) is 0 Å². The van der Waals surface area contributed by atoms with Crippen LogP contribution in [0.2, 0.25) is 5.02 Å². The molecule has 1 heterocycles. The normalized spacial score (nSPS) is 11.9. The predicted octanol–water partition coefficient (Wildman–Crippen LogP) is 1.72. The molecule has 0 radical (unpaired) electrons. The van der Waals surface area contributed by atoms with E-state index in [1.54, 1.807) is 0 Å². The van der Waals surface area contributed by atoms with Crippen molar-refractivity contribution in [3.05, 3.63) is 29.0 Å². The third-order valence-corrected chi connectivity index (χ3v) is 2.50. The van der Waals surface area contributed by atoms with Crippen LogP contribution < -0.4 is 5.32 Å². The lowest BCUT2D eigenvalue weighted by Gasteiger charge is -2.13. The summed E-state index contributed by atoms with van der Waals surface area (Å²) >= 11 is 5.79. The fraction of sp³-hybridized carbons (Fsp3) is 0.364. The Labute approximate surface area is 104 Å². The number of carboxylic acids is 1. The van der Waals surface area contributed by atoms with Crippen molar-refractivity contribution in [2.75, 3.05) is 0 Å². The minimum absolute atomic E-state index is 0.200. The first-order chi connectivity index (χ1) is 8.06. The maximum Gasteiger partial charge on any atom is 0.326 e. The van der Waals surface area contributed by atoms with Gasteiger partial charge in [-0.3, -0.25) is 9.78 Å². The number of rotatable bonds is 5. The Hall–Kier alpha value is -1.62. The molecule has 2 N–H and O–H groups in total. The van der Waals surface area contributed by atoms with E-state index >= 15 is 0 Å². The number of hydrogen-bond donors (Lipinski definition) is 2. The lowest BCUT2D eigenvalue weighted by atomic mass is 10.1. The molecule has 1 atom stereocenters. The largest absolute Gasteiger partial charge is 0.480 e. The quantitative estimate of drug-likeness (QED) is 0.841. The molecular formula is C11H13ClN2O3. The Bertz CT molecular complexity index is 423. The number of nitrogens with one attached hydrogen (secondary N) is 1. The highest BCUT2D eigenvalue weighted by Crippen LogP contribution is 2.13. The smallest absolute Gasteiger partial charge is 0.326 e. The van der Waals surface area contributed by atoms with Gasteiger partial charge in [0.15, 0.2) is 0 Å². The van der Waals surface area contributed by atoms with E-state index in [0.29, 0.717) is 12.8 Å². The second-order valence-electron chi connectivity index (χ2n) is 3.51. The molecule has 0 bridgehead atoms. The Balaban J connectivity index is 2.77. The van der Waals surface area contributed by atoms with E-state index in [4.69, 9.17) is 16.7 Å². The molecule has 1 aromatic rings. The number of hydrogen-bond acceptors (Lipinski definition) is 3. The molecule has 0 aliphatic heterocycles. The van der Waals surface area contributed by atoms with E-state index in [1.165, 1.54) is 18.5 Å². The van der Waals surface area contributed by atoms with Crippen molar-refractivity contribution in [2.24, 2.45) is 0 Å². The first-order valence-corrected chi connectivity index (χ1v) is 5.57. The summed E-state index contributed by atoms with van der Waals surface area (Å²) in [4.78, 5) is 26.4. The second kappa shape index (κ2) is 6.20. The van der Waals surface area contributed by atoms with Gasteiger partial charge in [-0.25, -0.2) is 4.79 Å². The first-order valence-electron chi connectivity index (χ1n) is 5.19. The molecule has 1 unspecified atom stereocenters. The highest BCUT2D eigenvalue weighted by Gasteiger charge is 2.20. The van der Waals surface area contributed by atoms with Crippen LogP contribution in [0.1, 0.15) is 30.1 Å². The van der Waals surface area contributed by atoms with Crippen LogP contribution in [0.5, 0.6) is 0 Å². The van der Waals surface area contributed by atoms with Crippen LogP contribution >= 0.6 is 11.6 Å². The minimum Gasteiger partial charge on any atom is -0.480 e. The molecule has 1 amide bonds. The van der Waals surface area contributed by atoms with Crippen molar-refractivity contribution >= 4 is 23.5 Å². The molecule has 0 aliphatic rings. The summed E-state index contributed by atoms with van der Waals surface area (Å²) in [5.41, 5.74) is 0.226. The lowest BCUT2D eigenvalue weighted by Crippen LogP contribution is -2.40. The van der Waals surface area contributed by atoms with Gasteiger partial charge in [-0.15, -0.1) is 0 Å². The number of aromatic nitrogens is 1. The maximum absolute atomic E-state index is 11.8. The molecule has 0 saturated heterocycles. The fourth-order valence-corrected chi connectivity index (χ4v) is 1.55. The Morgan fingerprint density at radius 1 is 1.59 bits per heavy atom. The van der Waals surface area contributed by atoms with Crippen molar-refractivity contribution in [2.45, 2.75) is 25.8 Å². The van der Waals surface area contributed by atoms with Gasteiger partial charge in [0, 0.05) is 12.4 Å². The molecule has 0 aliphatic carbocycles. The van der Waals surface area contributed by atoms with E-state index in [-0.39, 0.29) is 10.6 Å². The van der Waals surface area contributed by atoms with Gasteiger partial charge in [0.25, 0.3) is 5.91 Å². The van der Waals surface area contributed by atoms with Gasteiger partial charge in [-0.2, -0.15) is 0 Å². The molecule has 1 rings (SSSR count). The number of aliphatic carboxylic acids is 1. The molecule has 92 valence electrons. The van der Waals surface area contributed by atoms with Crippen molar-refractivity contribution in [1.82, 2.24) is 10.3 Å². The molecule has 17 heavy (non-hydrogen) atoms. The molecule has 5 nitrogen and oxygen atoms in total. The topological polar surface area (TPSA) is 79.3 Å². The summed E-state index contributed by atoms with van der Waals surface area (Å²) in [7, 11) is 0. The van der Waals surface area contributed by atoms with Crippen molar-refractivity contribution in [1.29, 1.82) is 0 Å². The average Bonchev–Trinajstić information content (AvgIpc) is 2.28. The second-order valence-corrected chi connectivity index (χ2v) is 3.92. The number of pyridine rings is 1. The van der Waals surface area contributed by atoms with E-state index < -0.39 is 17.9 Å². The standard InChI is InChI=1S/C11H13ClN2O3/c1-2-3-9(11(16)17)14-10(15)7-4-5-13-6-8(7)12/h4-6,9H,2-3H2,1H3,(H,14,15)(H,16,17). The van der Waals surface area contributed by atoms with E-state index in [0.717, 1.165) is 0 Å². The Kier molecular flexibility index (Phi) is 4.90. The van der Waals surface area contributed by atoms with Crippen LogP contribution in [-0.2, 0) is 4.79 Å². The average molecular weight is 257 g/mol. The zero-order valence-corrected chi connectivity index (χ0v) is 10.1. The fourth-order valence-electron chi connectivity index (χ4n) is 1.34. The van der Waals surface area contributed by atoms with Crippen LogP contribution in [0.4, 0.5) is 0 Å². The molecular weight excluding hydrogens is 244 g/mol. The highest BCUT2D eigenvalue weighted by atomic mass is 35.5. The summed E-state index contributed by atoms with van der Waals surface area (Å²) < 4.78 is 0. The number of carboxylic acid groups (broad SMARTS) is 1. The molecule has 6 heteroatoms. The highest BCUT2D eigenvalue weighted by molar-refractivity contribution is 6.33. The molecule has 0 aromatic carbocycles. The Morgan fingerprint density at radius 2 is 2.29 bits per heavy atom. The van der Waals surface area contributed by atoms with Crippen LogP contribution in [0, 0.1) is 0 Å². The van der Waals surface area contributed by atoms with E-state index in [1.807, 2.05) is 6.92 Å². The van der Waals surface area contributed by atoms with Gasteiger partial charge in [0.2, 0.25) is 0 Å². The Morgan fingerprint density at radius 3 is 2.82 bits per heavy atom. The summed E-state index contributed by atoms with van der Waals surface area (Å²) in [5.74, 6) is -1.55. The van der Waals surface area contributed by atoms with Crippen LogP contribution in [0.3, 0.4) is 0 Å². The van der Waals surface area contributed by atoms with Gasteiger partial charge in [0.1, 0.15) is 6.04 Å². The van der Waals surface area contributed by atoms with Crippen LogP contribution in [0.15, 0.2) is 18.5 Å². The zero-order chi connectivity index (χ0) is 12.8. The minimum atomic E-state index is -1.05. The SMILES string of the molecule is CCCC(NC(=O)c1ccncc1Cl)C(=O)O. The number of halogens is 1. The van der Waals surface area contributed by atoms with Crippen molar-refractivity contribution in [3.63, 3.8) is 0 Å². The van der Waals surface area contributed by atoms with E-state index in [9.17, 15) is 9.59 Å². The van der Waals surface area contributed by atoms with Gasteiger partial charge in [-0.1, -0.05) is 24.9 Å². The summed E-state index contributed by atoms with van der Waals surface area (Å²) in [5, 5.41) is 11.5. The number of nitrogens with zero attached hydrogens (tertiary/aromatic N) is 1. The molecule has 0 spiro atoms. The number of carbonyl (C=O) groups is 2. The van der Waals surface area contributed by atoms with Gasteiger partial charge < -0.3 is 10.4 Å². The molecule has 1 aromatic heterocycles. The van der Waals surface area contributed by atoms with Crippen LogP contribution in [-0.4, -0.2) is 28.0 Å². The summed E-state index contributed by atoms with van der Waals surface area (Å²) in [6.45, 7) is 1.85. The molecule has 0 fully saturated rings. The monoisotopic (exact) mass is 256 g/mol. The predicted molar refractivity (Wildman–Crippen MR) is 63.0 cm³/mol. The maximum atomic E-state index is 11.8. The lowest BCUT2D eigenvalue weighted by molar-refractivity contribution is -0.139. The third kappa shape index (κ3) is 3.71. The third-order valence-electron chi connectivity index (χ3n) is 2.20. The van der Waals surface area contributed by atoms with Gasteiger partial charge in [-0.05, 0) is 12.5 Å².